The third-order valence-corrected chi connectivity index (χ3v) is 3.44. The van der Waals surface area contributed by atoms with Crippen molar-refractivity contribution >= 4 is 0 Å². The fraction of sp³-hybridized carbons (Fsp3) is 0.538. The average molecular weight is 243 g/mol. The molecule has 1 N–H and O–H groups in total. The van der Waals surface area contributed by atoms with Gasteiger partial charge in [-0.15, -0.1) is 0 Å². The van der Waals surface area contributed by atoms with Crippen LogP contribution >= 0.6 is 0 Å². The Labute approximate surface area is 99.0 Å². The zero-order valence-corrected chi connectivity index (χ0v) is 9.77. The van der Waals surface area contributed by atoms with Crippen molar-refractivity contribution < 1.29 is 13.2 Å². The molecule has 4 heteroatoms. The van der Waals surface area contributed by atoms with Crippen molar-refractivity contribution in [3.8, 4) is 0 Å². The predicted molar refractivity (Wildman–Crippen MR) is 60.6 cm³/mol. The van der Waals surface area contributed by atoms with Crippen molar-refractivity contribution in [2.75, 3.05) is 6.54 Å². The maximum Gasteiger partial charge on any atom is 0.416 e. The lowest BCUT2D eigenvalue weighted by Crippen LogP contribution is -2.54. The van der Waals surface area contributed by atoms with E-state index in [0.717, 1.165) is 25.8 Å². The van der Waals surface area contributed by atoms with E-state index in [0.29, 0.717) is 5.56 Å². The highest BCUT2D eigenvalue weighted by atomic mass is 19.4. The van der Waals surface area contributed by atoms with E-state index in [2.05, 4.69) is 5.32 Å². The molecule has 2 rings (SSSR count). The van der Waals surface area contributed by atoms with Crippen LogP contribution in [0.1, 0.15) is 37.3 Å². The molecule has 17 heavy (non-hydrogen) atoms. The summed E-state index contributed by atoms with van der Waals surface area (Å²) < 4.78 is 38.9. The summed E-state index contributed by atoms with van der Waals surface area (Å²) in [6.45, 7) is 2.80. The molecule has 1 heterocycles. The molecule has 1 aromatic carbocycles. The molecule has 1 saturated heterocycles. The van der Waals surface area contributed by atoms with Gasteiger partial charge in [0.1, 0.15) is 0 Å². The Morgan fingerprint density at radius 3 is 2.41 bits per heavy atom. The topological polar surface area (TPSA) is 12.0 Å². The highest BCUT2D eigenvalue weighted by Gasteiger charge is 2.44. The maximum absolute atomic E-state index is 13.0. The second-order valence-electron chi connectivity index (χ2n) is 4.55. The number of halogens is 3. The van der Waals surface area contributed by atoms with Crippen molar-refractivity contribution in [3.05, 3.63) is 35.4 Å². The first kappa shape index (κ1) is 12.4. The van der Waals surface area contributed by atoms with Gasteiger partial charge in [0.15, 0.2) is 0 Å². The molecule has 0 bridgehead atoms. The van der Waals surface area contributed by atoms with Crippen LogP contribution in [-0.4, -0.2) is 6.54 Å². The molecule has 1 aliphatic heterocycles. The zero-order valence-electron chi connectivity index (χ0n) is 9.77. The van der Waals surface area contributed by atoms with Gasteiger partial charge in [0.05, 0.1) is 5.56 Å². The molecule has 0 spiro atoms. The Balaban J connectivity index is 2.44. The van der Waals surface area contributed by atoms with Crippen LogP contribution in [0.15, 0.2) is 24.3 Å². The van der Waals surface area contributed by atoms with Crippen LogP contribution in [0.3, 0.4) is 0 Å². The second kappa shape index (κ2) is 4.33. The SMILES string of the molecule is CCCC1(c2ccccc2C(F)(F)F)CCN1. The van der Waals surface area contributed by atoms with Crippen molar-refractivity contribution in [1.82, 2.24) is 5.32 Å². The Morgan fingerprint density at radius 2 is 1.94 bits per heavy atom. The fourth-order valence-corrected chi connectivity index (χ4v) is 2.58. The minimum Gasteiger partial charge on any atom is -0.307 e. The van der Waals surface area contributed by atoms with Gasteiger partial charge in [-0.05, 0) is 31.0 Å². The largest absolute Gasteiger partial charge is 0.416 e. The monoisotopic (exact) mass is 243 g/mol. The van der Waals surface area contributed by atoms with Gasteiger partial charge in [0.25, 0.3) is 0 Å². The van der Waals surface area contributed by atoms with E-state index in [9.17, 15) is 13.2 Å². The summed E-state index contributed by atoms with van der Waals surface area (Å²) in [5, 5.41) is 3.19. The van der Waals surface area contributed by atoms with Crippen LogP contribution in [0.2, 0.25) is 0 Å². The highest BCUT2D eigenvalue weighted by Crippen LogP contribution is 2.42. The van der Waals surface area contributed by atoms with E-state index >= 15 is 0 Å². The molecule has 0 saturated carbocycles. The van der Waals surface area contributed by atoms with E-state index in [-0.39, 0.29) is 0 Å². The van der Waals surface area contributed by atoms with Crippen molar-refractivity contribution in [3.63, 3.8) is 0 Å². The quantitative estimate of drug-likeness (QED) is 0.853. The van der Waals surface area contributed by atoms with Gasteiger partial charge < -0.3 is 5.32 Å². The lowest BCUT2D eigenvalue weighted by molar-refractivity contribution is -0.139. The van der Waals surface area contributed by atoms with Gasteiger partial charge in [-0.3, -0.25) is 0 Å². The molecule has 0 aliphatic carbocycles. The summed E-state index contributed by atoms with van der Waals surface area (Å²) in [6.07, 6.45) is -1.86. The Kier molecular flexibility index (Phi) is 3.17. The third-order valence-electron chi connectivity index (χ3n) is 3.44. The van der Waals surface area contributed by atoms with Gasteiger partial charge in [0.2, 0.25) is 0 Å². The van der Waals surface area contributed by atoms with Gasteiger partial charge in [-0.25, -0.2) is 0 Å². The Bertz CT molecular complexity index is 394. The van der Waals surface area contributed by atoms with Gasteiger partial charge in [0, 0.05) is 5.54 Å². The summed E-state index contributed by atoms with van der Waals surface area (Å²) in [5.41, 5.74) is -0.554. The molecule has 1 aromatic rings. The molecule has 94 valence electrons. The van der Waals surface area contributed by atoms with E-state index in [1.54, 1.807) is 12.1 Å². The van der Waals surface area contributed by atoms with Crippen LogP contribution in [0.25, 0.3) is 0 Å². The number of hydrogen-bond donors (Lipinski definition) is 1. The minimum absolute atomic E-state index is 0.403. The van der Waals surface area contributed by atoms with Crippen molar-refractivity contribution in [1.29, 1.82) is 0 Å². The summed E-state index contributed by atoms with van der Waals surface area (Å²) in [6, 6.07) is 5.91. The van der Waals surface area contributed by atoms with Gasteiger partial charge in [-0.2, -0.15) is 13.2 Å². The summed E-state index contributed by atoms with van der Waals surface area (Å²) >= 11 is 0. The smallest absolute Gasteiger partial charge is 0.307 e. The van der Waals surface area contributed by atoms with E-state index < -0.39 is 17.3 Å². The first-order valence-corrected chi connectivity index (χ1v) is 5.91. The van der Waals surface area contributed by atoms with E-state index in [1.165, 1.54) is 12.1 Å². The summed E-state index contributed by atoms with van der Waals surface area (Å²) in [7, 11) is 0. The third kappa shape index (κ3) is 2.18. The molecule has 1 atom stereocenters. The maximum atomic E-state index is 13.0. The molecule has 0 amide bonds. The van der Waals surface area contributed by atoms with E-state index in [1.807, 2.05) is 6.92 Å². The van der Waals surface area contributed by atoms with E-state index in [4.69, 9.17) is 0 Å². The van der Waals surface area contributed by atoms with Crippen LogP contribution in [0.5, 0.6) is 0 Å². The summed E-state index contributed by atoms with van der Waals surface area (Å²) in [4.78, 5) is 0. The second-order valence-corrected chi connectivity index (χ2v) is 4.55. The lowest BCUT2D eigenvalue weighted by atomic mass is 9.75. The van der Waals surface area contributed by atoms with Crippen LogP contribution in [0.4, 0.5) is 13.2 Å². The molecule has 1 aliphatic rings. The molecular formula is C13H16F3N. The molecule has 0 aromatic heterocycles. The van der Waals surface area contributed by atoms with Crippen LogP contribution < -0.4 is 5.32 Å². The van der Waals surface area contributed by atoms with Crippen LogP contribution in [-0.2, 0) is 11.7 Å². The van der Waals surface area contributed by atoms with Gasteiger partial charge >= 0.3 is 6.18 Å². The number of nitrogens with one attached hydrogen (secondary N) is 1. The molecule has 1 fully saturated rings. The summed E-state index contributed by atoms with van der Waals surface area (Å²) in [5.74, 6) is 0. The molecule has 1 unspecified atom stereocenters. The molecular weight excluding hydrogens is 227 g/mol. The van der Waals surface area contributed by atoms with Crippen LogP contribution in [0, 0.1) is 0 Å². The van der Waals surface area contributed by atoms with Crippen molar-refractivity contribution in [2.24, 2.45) is 0 Å². The predicted octanol–water partition coefficient (Wildman–Crippen LogP) is 3.69. The number of rotatable bonds is 3. The first-order valence-electron chi connectivity index (χ1n) is 5.91. The molecule has 1 nitrogen and oxygen atoms in total. The zero-order chi connectivity index (χ0) is 12.5. The Morgan fingerprint density at radius 1 is 1.29 bits per heavy atom. The number of hydrogen-bond acceptors (Lipinski definition) is 1. The van der Waals surface area contributed by atoms with Crippen molar-refractivity contribution in [2.45, 2.75) is 37.9 Å². The number of alkyl halides is 3. The normalized spacial score (nSPS) is 24.5. The fourth-order valence-electron chi connectivity index (χ4n) is 2.58. The number of benzene rings is 1. The van der Waals surface area contributed by atoms with Gasteiger partial charge in [-0.1, -0.05) is 31.5 Å². The highest BCUT2D eigenvalue weighted by molar-refractivity contribution is 5.37. The minimum atomic E-state index is -4.27. The Hall–Kier alpha value is -1.03. The average Bonchev–Trinajstić information content (AvgIpc) is 2.22. The first-order chi connectivity index (χ1) is 7.99. The standard InChI is InChI=1S/C13H16F3N/c1-2-7-12(8-9-17-12)10-5-3-4-6-11(10)13(14,15)16/h3-6,17H,2,7-9H2,1H3. The molecule has 0 radical (unpaired) electrons. The lowest BCUT2D eigenvalue weighted by Gasteiger charge is -2.45.